The molecule has 4 rings (SSSR count). The predicted molar refractivity (Wildman–Crippen MR) is 147 cm³/mol. The highest BCUT2D eigenvalue weighted by molar-refractivity contribution is 6.51. The molecular weight excluding hydrogens is 482 g/mol. The summed E-state index contributed by atoms with van der Waals surface area (Å²) in [6.07, 6.45) is 0.873. The van der Waals surface area contributed by atoms with Crippen molar-refractivity contribution in [3.05, 3.63) is 89.0 Å². The third kappa shape index (κ3) is 5.37. The van der Waals surface area contributed by atoms with Gasteiger partial charge in [-0.05, 0) is 92.9 Å². The topological polar surface area (TPSA) is 85.3 Å². The van der Waals surface area contributed by atoms with Gasteiger partial charge in [-0.3, -0.25) is 14.5 Å². The van der Waals surface area contributed by atoms with Crippen LogP contribution >= 0.6 is 0 Å². The van der Waals surface area contributed by atoms with E-state index in [1.54, 1.807) is 54.6 Å². The van der Waals surface area contributed by atoms with Crippen LogP contribution in [0.15, 0.2) is 72.3 Å². The molecule has 0 aliphatic carbocycles. The van der Waals surface area contributed by atoms with E-state index < -0.39 is 17.7 Å². The monoisotopic (exact) mass is 515 g/mol. The van der Waals surface area contributed by atoms with Crippen molar-refractivity contribution in [2.45, 2.75) is 40.2 Å². The molecule has 1 aliphatic heterocycles. The van der Waals surface area contributed by atoms with Crippen molar-refractivity contribution in [1.82, 2.24) is 0 Å². The molecule has 0 aromatic heterocycles. The Balaban J connectivity index is 1.83. The van der Waals surface area contributed by atoms with Crippen LogP contribution in [-0.4, -0.2) is 36.6 Å². The van der Waals surface area contributed by atoms with Gasteiger partial charge in [-0.25, -0.2) is 0 Å². The number of carbonyl (C=O) groups excluding carboxylic acids is 2. The lowest BCUT2D eigenvalue weighted by Gasteiger charge is -2.26. The number of ketones is 1. The summed E-state index contributed by atoms with van der Waals surface area (Å²) in [7, 11) is 0. The number of carbonyl (C=O) groups is 2. The molecule has 3 aromatic carbocycles. The number of Topliss-reactive ketones (excluding diaryl/α,β-unsaturated/α-hetero) is 1. The van der Waals surface area contributed by atoms with Gasteiger partial charge in [-0.2, -0.15) is 0 Å². The van der Waals surface area contributed by atoms with Crippen LogP contribution in [0.25, 0.3) is 5.76 Å². The second kappa shape index (κ2) is 11.9. The molecule has 198 valence electrons. The molecular formula is C31H33NO6. The number of ether oxygens (including phenoxy) is 3. The van der Waals surface area contributed by atoms with Gasteiger partial charge in [0, 0.05) is 11.3 Å². The van der Waals surface area contributed by atoms with Crippen LogP contribution in [0.2, 0.25) is 0 Å². The summed E-state index contributed by atoms with van der Waals surface area (Å²) in [5, 5.41) is 11.4. The highest BCUT2D eigenvalue weighted by Gasteiger charge is 2.47. The summed E-state index contributed by atoms with van der Waals surface area (Å²) in [4.78, 5) is 28.3. The molecule has 1 heterocycles. The fourth-order valence-electron chi connectivity index (χ4n) is 4.52. The summed E-state index contributed by atoms with van der Waals surface area (Å²) in [5.41, 5.74) is 2.47. The average molecular weight is 516 g/mol. The molecule has 0 radical (unpaired) electrons. The maximum absolute atomic E-state index is 13.4. The number of aliphatic hydroxyl groups is 1. The van der Waals surface area contributed by atoms with Crippen molar-refractivity contribution in [3.8, 4) is 17.2 Å². The van der Waals surface area contributed by atoms with Crippen molar-refractivity contribution >= 4 is 23.1 Å². The maximum Gasteiger partial charge on any atom is 0.300 e. The third-order valence-corrected chi connectivity index (χ3v) is 6.29. The number of anilines is 1. The van der Waals surface area contributed by atoms with Gasteiger partial charge in [0.2, 0.25) is 0 Å². The largest absolute Gasteiger partial charge is 0.507 e. The SMILES string of the molecule is CCCOc1ccc(/C(O)=C2/C(=O)C(=O)N(c3ccc(OCC)cc3)C2c2ccc(OCC)cc2)cc1C. The van der Waals surface area contributed by atoms with Gasteiger partial charge in [0.15, 0.2) is 0 Å². The number of nitrogens with zero attached hydrogens (tertiary/aromatic N) is 1. The lowest BCUT2D eigenvalue weighted by atomic mass is 9.94. The van der Waals surface area contributed by atoms with Gasteiger partial charge in [-0.1, -0.05) is 19.1 Å². The predicted octanol–water partition coefficient (Wildman–Crippen LogP) is 6.21. The van der Waals surface area contributed by atoms with Crippen LogP contribution in [0.1, 0.15) is 49.9 Å². The first-order valence-corrected chi connectivity index (χ1v) is 12.9. The molecule has 1 N–H and O–H groups in total. The number of benzene rings is 3. The van der Waals surface area contributed by atoms with E-state index in [1.165, 1.54) is 4.90 Å². The van der Waals surface area contributed by atoms with Crippen molar-refractivity contribution in [2.75, 3.05) is 24.7 Å². The highest BCUT2D eigenvalue weighted by Crippen LogP contribution is 2.43. The van der Waals surface area contributed by atoms with Crippen molar-refractivity contribution in [3.63, 3.8) is 0 Å². The molecule has 1 fully saturated rings. The Bertz CT molecular complexity index is 1330. The number of rotatable bonds is 10. The Kier molecular flexibility index (Phi) is 8.36. The van der Waals surface area contributed by atoms with Gasteiger partial charge >= 0.3 is 0 Å². The summed E-state index contributed by atoms with van der Waals surface area (Å²) < 4.78 is 16.9. The Morgan fingerprint density at radius 1 is 0.842 bits per heavy atom. The van der Waals surface area contributed by atoms with Crippen LogP contribution in [0.5, 0.6) is 17.2 Å². The maximum atomic E-state index is 13.4. The number of hydrogen-bond donors (Lipinski definition) is 1. The molecule has 3 aromatic rings. The van der Waals surface area contributed by atoms with E-state index in [9.17, 15) is 14.7 Å². The van der Waals surface area contributed by atoms with Crippen molar-refractivity contribution < 1.29 is 28.9 Å². The molecule has 1 unspecified atom stereocenters. The second-order valence-electron chi connectivity index (χ2n) is 8.93. The quantitative estimate of drug-likeness (QED) is 0.196. The second-order valence-corrected chi connectivity index (χ2v) is 8.93. The van der Waals surface area contributed by atoms with E-state index in [2.05, 4.69) is 0 Å². The Hall–Kier alpha value is -4.26. The normalized spacial score (nSPS) is 16.5. The minimum Gasteiger partial charge on any atom is -0.507 e. The summed E-state index contributed by atoms with van der Waals surface area (Å²) in [6, 6.07) is 18.6. The van der Waals surface area contributed by atoms with E-state index in [1.807, 2.05) is 39.8 Å². The zero-order chi connectivity index (χ0) is 27.2. The highest BCUT2D eigenvalue weighted by atomic mass is 16.5. The molecule has 7 heteroatoms. The van der Waals surface area contributed by atoms with E-state index in [0.717, 1.165) is 12.0 Å². The molecule has 0 saturated carbocycles. The van der Waals surface area contributed by atoms with Crippen molar-refractivity contribution in [1.29, 1.82) is 0 Å². The van der Waals surface area contributed by atoms with Gasteiger partial charge in [-0.15, -0.1) is 0 Å². The fourth-order valence-corrected chi connectivity index (χ4v) is 4.52. The average Bonchev–Trinajstić information content (AvgIpc) is 3.19. The first-order chi connectivity index (χ1) is 18.4. The first-order valence-electron chi connectivity index (χ1n) is 12.9. The number of aliphatic hydroxyl groups excluding tert-OH is 1. The number of amides is 1. The molecule has 7 nitrogen and oxygen atoms in total. The molecule has 0 bridgehead atoms. The Morgan fingerprint density at radius 3 is 2.00 bits per heavy atom. The number of hydrogen-bond acceptors (Lipinski definition) is 6. The Morgan fingerprint density at radius 2 is 1.45 bits per heavy atom. The zero-order valence-corrected chi connectivity index (χ0v) is 22.2. The van der Waals surface area contributed by atoms with Crippen LogP contribution in [0, 0.1) is 6.92 Å². The van der Waals surface area contributed by atoms with E-state index in [0.29, 0.717) is 53.9 Å². The van der Waals surface area contributed by atoms with Gasteiger partial charge in [0.25, 0.3) is 11.7 Å². The molecule has 1 aliphatic rings. The number of aryl methyl sites for hydroxylation is 1. The molecule has 1 amide bonds. The molecule has 1 atom stereocenters. The van der Waals surface area contributed by atoms with Crippen LogP contribution < -0.4 is 19.1 Å². The van der Waals surface area contributed by atoms with E-state index in [-0.39, 0.29) is 11.3 Å². The van der Waals surface area contributed by atoms with Gasteiger partial charge in [0.05, 0.1) is 31.4 Å². The Labute approximate surface area is 223 Å². The lowest BCUT2D eigenvalue weighted by molar-refractivity contribution is -0.132. The standard InChI is InChI=1S/C31H33NO6/c1-5-18-38-26-17-10-22(19-20(26)4)29(33)27-28(21-8-13-24(14-9-21)36-6-2)32(31(35)30(27)34)23-11-15-25(16-12-23)37-7-3/h8-17,19,28,33H,5-7,18H2,1-4H3/b29-27-. The van der Waals surface area contributed by atoms with Crippen LogP contribution in [0.4, 0.5) is 5.69 Å². The van der Waals surface area contributed by atoms with Gasteiger partial charge < -0.3 is 19.3 Å². The zero-order valence-electron chi connectivity index (χ0n) is 22.2. The van der Waals surface area contributed by atoms with Gasteiger partial charge in [0.1, 0.15) is 23.0 Å². The lowest BCUT2D eigenvalue weighted by Crippen LogP contribution is -2.29. The summed E-state index contributed by atoms with van der Waals surface area (Å²) in [6.45, 7) is 9.30. The van der Waals surface area contributed by atoms with E-state index in [4.69, 9.17) is 14.2 Å². The minimum atomic E-state index is -0.833. The summed E-state index contributed by atoms with van der Waals surface area (Å²) in [5.74, 6) is 0.342. The third-order valence-electron chi connectivity index (χ3n) is 6.29. The smallest absolute Gasteiger partial charge is 0.300 e. The van der Waals surface area contributed by atoms with Crippen LogP contribution in [0.3, 0.4) is 0 Å². The van der Waals surface area contributed by atoms with E-state index >= 15 is 0 Å². The molecule has 38 heavy (non-hydrogen) atoms. The molecule has 1 saturated heterocycles. The fraction of sp³-hybridized carbons (Fsp3) is 0.290. The van der Waals surface area contributed by atoms with Crippen molar-refractivity contribution in [2.24, 2.45) is 0 Å². The van der Waals surface area contributed by atoms with Crippen LogP contribution in [-0.2, 0) is 9.59 Å². The minimum absolute atomic E-state index is 0.0228. The molecule has 0 spiro atoms. The summed E-state index contributed by atoms with van der Waals surface area (Å²) >= 11 is 0. The first kappa shape index (κ1) is 26.8.